The van der Waals surface area contributed by atoms with E-state index in [0.717, 1.165) is 6.42 Å². The van der Waals surface area contributed by atoms with E-state index in [1.165, 1.54) is 4.90 Å². The van der Waals surface area contributed by atoms with Crippen LogP contribution in [0.2, 0.25) is 0 Å². The average molecular weight is 293 g/mol. The number of aliphatic carboxylic acids is 1. The highest BCUT2D eigenvalue weighted by Gasteiger charge is 2.39. The largest absolute Gasteiger partial charge is 0.494 e. The topological polar surface area (TPSA) is 87.1 Å². The molecule has 6 heteroatoms. The summed E-state index contributed by atoms with van der Waals surface area (Å²) in [6.07, 6.45) is 0.125. The summed E-state index contributed by atoms with van der Waals surface area (Å²) in [6.45, 7) is 2.58. The van der Waals surface area contributed by atoms with E-state index >= 15 is 0 Å². The summed E-state index contributed by atoms with van der Waals surface area (Å²) in [7, 11) is 0. The predicted molar refractivity (Wildman–Crippen MR) is 75.3 cm³/mol. The smallest absolute Gasteiger partial charge is 0.326 e. The summed E-state index contributed by atoms with van der Waals surface area (Å²) in [6, 6.07) is 5.68. The van der Waals surface area contributed by atoms with Crippen LogP contribution in [0.1, 0.15) is 30.1 Å². The number of aliphatic hydroxyl groups excluding tert-OH is 1. The quantitative estimate of drug-likeness (QED) is 0.850. The maximum absolute atomic E-state index is 12.4. The fraction of sp³-hybridized carbons (Fsp3) is 0.467. The number of likely N-dealkylation sites (tertiary alicyclic amines) is 1. The van der Waals surface area contributed by atoms with Crippen LogP contribution in [0.4, 0.5) is 0 Å². The number of β-amino-alcohol motifs (C(OH)–C–C–N with tert-alkyl or cyclic N) is 1. The molecule has 1 heterocycles. The zero-order valence-corrected chi connectivity index (χ0v) is 11.9. The normalized spacial score (nSPS) is 21.3. The number of carbonyl (C=O) groups is 2. The van der Waals surface area contributed by atoms with Crippen molar-refractivity contribution in [3.05, 3.63) is 29.8 Å². The minimum absolute atomic E-state index is 0.0375. The number of aliphatic hydroxyl groups is 1. The Labute approximate surface area is 122 Å². The third-order valence-electron chi connectivity index (χ3n) is 3.38. The fourth-order valence-corrected chi connectivity index (χ4v) is 2.38. The Balaban J connectivity index is 2.17. The Morgan fingerprint density at radius 2 is 2.19 bits per heavy atom. The first-order chi connectivity index (χ1) is 10.0. The molecule has 0 saturated carbocycles. The third kappa shape index (κ3) is 3.52. The molecule has 1 aromatic carbocycles. The van der Waals surface area contributed by atoms with Crippen molar-refractivity contribution >= 4 is 11.9 Å². The molecule has 0 radical (unpaired) electrons. The molecule has 1 aromatic rings. The highest BCUT2D eigenvalue weighted by Crippen LogP contribution is 2.22. The van der Waals surface area contributed by atoms with E-state index in [0.29, 0.717) is 17.9 Å². The van der Waals surface area contributed by atoms with Gasteiger partial charge in [0.2, 0.25) is 0 Å². The molecule has 2 rings (SSSR count). The van der Waals surface area contributed by atoms with Crippen LogP contribution in [-0.4, -0.2) is 52.3 Å². The Morgan fingerprint density at radius 3 is 2.86 bits per heavy atom. The predicted octanol–water partition coefficient (Wildman–Crippen LogP) is 1.14. The second-order valence-corrected chi connectivity index (χ2v) is 5.08. The van der Waals surface area contributed by atoms with E-state index in [1.807, 2.05) is 6.92 Å². The van der Waals surface area contributed by atoms with Gasteiger partial charge >= 0.3 is 5.97 Å². The molecular weight excluding hydrogens is 274 g/mol. The first-order valence-electron chi connectivity index (χ1n) is 6.97. The van der Waals surface area contributed by atoms with Crippen LogP contribution in [0, 0.1) is 0 Å². The lowest BCUT2D eigenvalue weighted by atomic mass is 10.1. The van der Waals surface area contributed by atoms with Gasteiger partial charge in [-0.1, -0.05) is 13.0 Å². The molecule has 1 saturated heterocycles. The number of hydrogen-bond acceptors (Lipinski definition) is 4. The van der Waals surface area contributed by atoms with Crippen LogP contribution in [0.15, 0.2) is 24.3 Å². The van der Waals surface area contributed by atoms with Gasteiger partial charge in [0.25, 0.3) is 5.91 Å². The number of carboxylic acids is 1. The van der Waals surface area contributed by atoms with Crippen molar-refractivity contribution in [1.29, 1.82) is 0 Å². The lowest BCUT2D eigenvalue weighted by Crippen LogP contribution is -2.40. The first-order valence-corrected chi connectivity index (χ1v) is 6.97. The van der Waals surface area contributed by atoms with Crippen molar-refractivity contribution in [3.8, 4) is 5.75 Å². The minimum atomic E-state index is -1.10. The molecule has 1 amide bonds. The molecule has 6 nitrogen and oxygen atoms in total. The van der Waals surface area contributed by atoms with E-state index in [9.17, 15) is 14.7 Å². The van der Waals surface area contributed by atoms with Gasteiger partial charge in [-0.15, -0.1) is 0 Å². The second-order valence-electron chi connectivity index (χ2n) is 5.08. The Hall–Kier alpha value is -2.08. The van der Waals surface area contributed by atoms with Gasteiger partial charge in [0.05, 0.1) is 12.7 Å². The number of amides is 1. The van der Waals surface area contributed by atoms with Crippen LogP contribution in [-0.2, 0) is 4.79 Å². The molecule has 0 spiro atoms. The van der Waals surface area contributed by atoms with Crippen molar-refractivity contribution < 1.29 is 24.5 Å². The lowest BCUT2D eigenvalue weighted by Gasteiger charge is -2.21. The highest BCUT2D eigenvalue weighted by molar-refractivity contribution is 5.97. The van der Waals surface area contributed by atoms with Crippen LogP contribution < -0.4 is 4.74 Å². The summed E-state index contributed by atoms with van der Waals surface area (Å²) in [5, 5.41) is 18.7. The van der Waals surface area contributed by atoms with Gasteiger partial charge in [-0.25, -0.2) is 4.79 Å². The van der Waals surface area contributed by atoms with Crippen molar-refractivity contribution in [3.63, 3.8) is 0 Å². The third-order valence-corrected chi connectivity index (χ3v) is 3.38. The number of ether oxygens (including phenoxy) is 1. The maximum atomic E-state index is 12.4. The first kappa shape index (κ1) is 15.3. The number of hydrogen-bond donors (Lipinski definition) is 2. The van der Waals surface area contributed by atoms with Gasteiger partial charge < -0.3 is 19.8 Å². The van der Waals surface area contributed by atoms with Crippen LogP contribution >= 0.6 is 0 Å². The zero-order valence-electron chi connectivity index (χ0n) is 11.9. The summed E-state index contributed by atoms with van der Waals surface area (Å²) >= 11 is 0. The lowest BCUT2D eigenvalue weighted by molar-refractivity contribution is -0.141. The Bertz CT molecular complexity index is 531. The molecule has 1 fully saturated rings. The van der Waals surface area contributed by atoms with E-state index in [4.69, 9.17) is 9.84 Å². The van der Waals surface area contributed by atoms with Crippen molar-refractivity contribution in [2.75, 3.05) is 13.2 Å². The maximum Gasteiger partial charge on any atom is 0.326 e. The summed E-state index contributed by atoms with van der Waals surface area (Å²) in [4.78, 5) is 24.8. The molecule has 0 aliphatic carbocycles. The number of nitrogens with zero attached hydrogens (tertiary/aromatic N) is 1. The van der Waals surface area contributed by atoms with E-state index < -0.39 is 24.0 Å². The van der Waals surface area contributed by atoms with Crippen molar-refractivity contribution in [2.45, 2.75) is 31.9 Å². The molecule has 1 aliphatic heterocycles. The second kappa shape index (κ2) is 6.58. The number of benzene rings is 1. The van der Waals surface area contributed by atoms with Crippen LogP contribution in [0.25, 0.3) is 0 Å². The molecule has 1 aliphatic rings. The van der Waals surface area contributed by atoms with Gasteiger partial charge in [0.15, 0.2) is 0 Å². The van der Waals surface area contributed by atoms with E-state index in [2.05, 4.69) is 0 Å². The van der Waals surface area contributed by atoms with Crippen LogP contribution in [0.5, 0.6) is 5.75 Å². The Kier molecular flexibility index (Phi) is 4.80. The van der Waals surface area contributed by atoms with E-state index in [-0.39, 0.29) is 13.0 Å². The molecule has 21 heavy (non-hydrogen) atoms. The molecule has 0 aromatic heterocycles. The van der Waals surface area contributed by atoms with E-state index in [1.54, 1.807) is 24.3 Å². The molecule has 1 unspecified atom stereocenters. The summed E-state index contributed by atoms with van der Waals surface area (Å²) in [5.41, 5.74) is 0.365. The Morgan fingerprint density at radius 1 is 1.43 bits per heavy atom. The summed E-state index contributed by atoms with van der Waals surface area (Å²) < 4.78 is 5.47. The molecule has 114 valence electrons. The van der Waals surface area contributed by atoms with Gasteiger partial charge in [-0.2, -0.15) is 0 Å². The standard InChI is InChI=1S/C15H19NO5/c1-2-6-21-12-5-3-4-10(7-12)14(18)16-9-11(17)8-13(16)15(19)20/h3-5,7,11,13,17H,2,6,8-9H2,1H3,(H,19,20)/t11?,13-/m0/s1. The minimum Gasteiger partial charge on any atom is -0.494 e. The van der Waals surface area contributed by atoms with Crippen molar-refractivity contribution in [1.82, 2.24) is 4.90 Å². The monoisotopic (exact) mass is 293 g/mol. The summed E-state index contributed by atoms with van der Waals surface area (Å²) in [5.74, 6) is -0.923. The number of carboxylic acid groups (broad SMARTS) is 1. The fourth-order valence-electron chi connectivity index (χ4n) is 2.38. The molecule has 2 N–H and O–H groups in total. The number of rotatable bonds is 5. The average Bonchev–Trinajstić information content (AvgIpc) is 2.87. The van der Waals surface area contributed by atoms with Gasteiger partial charge in [0, 0.05) is 18.5 Å². The molecule has 2 atom stereocenters. The molecular formula is C15H19NO5. The van der Waals surface area contributed by atoms with Gasteiger partial charge in [-0.3, -0.25) is 4.79 Å². The zero-order chi connectivity index (χ0) is 15.4. The van der Waals surface area contributed by atoms with Gasteiger partial charge in [-0.05, 0) is 24.6 Å². The molecule has 0 bridgehead atoms. The van der Waals surface area contributed by atoms with Crippen molar-refractivity contribution in [2.24, 2.45) is 0 Å². The van der Waals surface area contributed by atoms with Crippen LogP contribution in [0.3, 0.4) is 0 Å². The highest BCUT2D eigenvalue weighted by atomic mass is 16.5. The SMILES string of the molecule is CCCOc1cccc(C(=O)N2CC(O)C[C@H]2C(=O)O)c1. The van der Waals surface area contributed by atoms with Gasteiger partial charge in [0.1, 0.15) is 11.8 Å². The number of carbonyl (C=O) groups excluding carboxylic acids is 1.